The minimum Gasteiger partial charge on any atom is -0.299 e. The summed E-state index contributed by atoms with van der Waals surface area (Å²) >= 11 is 0. The molecule has 0 saturated heterocycles. The van der Waals surface area contributed by atoms with Crippen molar-refractivity contribution in [2.45, 2.75) is 59.2 Å². The number of nitrogens with zero attached hydrogens (tertiary/aromatic N) is 2. The third kappa shape index (κ3) is 4.89. The van der Waals surface area contributed by atoms with Gasteiger partial charge in [0.05, 0.1) is 5.69 Å². The molecular weight excluding hydrogens is 368 g/mol. The Bertz CT molecular complexity index is 1010. The van der Waals surface area contributed by atoms with E-state index in [0.717, 1.165) is 17.0 Å². The van der Waals surface area contributed by atoms with Crippen LogP contribution in [0.25, 0.3) is 17.1 Å². The van der Waals surface area contributed by atoms with Gasteiger partial charge in [0, 0.05) is 23.5 Å². The van der Waals surface area contributed by atoms with E-state index in [9.17, 15) is 0 Å². The molecule has 0 fully saturated rings. The summed E-state index contributed by atoms with van der Waals surface area (Å²) in [4.78, 5) is 4.71. The monoisotopic (exact) mass is 400 g/mol. The van der Waals surface area contributed by atoms with Crippen LogP contribution in [0.2, 0.25) is 19.6 Å². The third-order valence-corrected chi connectivity index (χ3v) is 5.82. The average Bonchev–Trinajstić information content (AvgIpc) is 3.15. The van der Waals surface area contributed by atoms with Crippen LogP contribution in [0.4, 0.5) is 0 Å². The van der Waals surface area contributed by atoms with Crippen molar-refractivity contribution in [2.24, 2.45) is 0 Å². The van der Waals surface area contributed by atoms with Crippen molar-refractivity contribution in [3.63, 3.8) is 0 Å². The van der Waals surface area contributed by atoms with Crippen LogP contribution in [0, 0.1) is 11.5 Å². The van der Waals surface area contributed by atoms with E-state index in [4.69, 9.17) is 4.98 Å². The van der Waals surface area contributed by atoms with E-state index in [1.54, 1.807) is 0 Å². The van der Waals surface area contributed by atoms with Crippen molar-refractivity contribution in [3.8, 4) is 28.5 Å². The first-order valence-electron chi connectivity index (χ1n) is 10.5. The molecule has 1 heterocycles. The molecule has 0 radical (unpaired) electrons. The summed E-state index contributed by atoms with van der Waals surface area (Å²) < 4.78 is 2.26. The zero-order chi connectivity index (χ0) is 21.2. The van der Waals surface area contributed by atoms with E-state index in [1.165, 1.54) is 16.8 Å². The van der Waals surface area contributed by atoms with Crippen LogP contribution in [-0.2, 0) is 0 Å². The number of imidazole rings is 1. The number of para-hydroxylation sites is 1. The maximum Gasteiger partial charge on any atom is 0.144 e. The molecular formula is C26H32N2Si. The lowest BCUT2D eigenvalue weighted by atomic mass is 9.92. The maximum absolute atomic E-state index is 4.71. The molecule has 0 spiro atoms. The molecule has 3 rings (SSSR count). The molecule has 0 atom stereocenters. The van der Waals surface area contributed by atoms with E-state index in [1.807, 2.05) is 6.20 Å². The summed E-state index contributed by atoms with van der Waals surface area (Å²) in [5.74, 6) is 5.20. The Hall–Kier alpha value is -2.57. The summed E-state index contributed by atoms with van der Waals surface area (Å²) in [6.45, 7) is 15.8. The first-order valence-corrected chi connectivity index (χ1v) is 14.0. The third-order valence-electron chi connectivity index (χ3n) is 4.95. The number of hydrogen-bond donors (Lipinski definition) is 0. The van der Waals surface area contributed by atoms with Gasteiger partial charge in [0.1, 0.15) is 13.9 Å². The molecule has 150 valence electrons. The predicted molar refractivity (Wildman–Crippen MR) is 127 cm³/mol. The molecule has 0 aliphatic heterocycles. The van der Waals surface area contributed by atoms with Gasteiger partial charge in [0.15, 0.2) is 0 Å². The standard InChI is InChI=1S/C26H32N2Si/c1-19(2)23-9-8-10-24(20(3)4)25(23)28-17-16-27-26(28)22-13-11-21(12-14-22)15-18-29(5,6)7/h8-14,16-17,19-20H,1-7H3. The second kappa shape index (κ2) is 8.43. The van der Waals surface area contributed by atoms with Crippen LogP contribution >= 0.6 is 0 Å². The zero-order valence-electron chi connectivity index (χ0n) is 18.7. The quantitative estimate of drug-likeness (QED) is 0.340. The highest BCUT2D eigenvalue weighted by atomic mass is 28.3. The fourth-order valence-corrected chi connectivity index (χ4v) is 3.97. The van der Waals surface area contributed by atoms with E-state index in [0.29, 0.717) is 11.8 Å². The van der Waals surface area contributed by atoms with Crippen LogP contribution in [0.1, 0.15) is 56.2 Å². The highest BCUT2D eigenvalue weighted by Gasteiger charge is 2.18. The van der Waals surface area contributed by atoms with Gasteiger partial charge in [-0.15, -0.1) is 5.54 Å². The Balaban J connectivity index is 2.08. The van der Waals surface area contributed by atoms with Crippen molar-refractivity contribution in [2.75, 3.05) is 0 Å². The summed E-state index contributed by atoms with van der Waals surface area (Å²) in [6.07, 6.45) is 3.98. The van der Waals surface area contributed by atoms with Crippen molar-refractivity contribution in [3.05, 3.63) is 71.5 Å². The lowest BCUT2D eigenvalue weighted by Crippen LogP contribution is -2.16. The van der Waals surface area contributed by atoms with Crippen LogP contribution < -0.4 is 0 Å². The Morgan fingerprint density at radius 2 is 1.45 bits per heavy atom. The fraction of sp³-hybridized carbons (Fsp3) is 0.346. The summed E-state index contributed by atoms with van der Waals surface area (Å²) in [5, 5.41) is 0. The smallest absolute Gasteiger partial charge is 0.144 e. The summed E-state index contributed by atoms with van der Waals surface area (Å²) in [6, 6.07) is 15.2. The van der Waals surface area contributed by atoms with Gasteiger partial charge in [-0.25, -0.2) is 4.98 Å². The molecule has 2 nitrogen and oxygen atoms in total. The lowest BCUT2D eigenvalue weighted by molar-refractivity contribution is 0.807. The van der Waals surface area contributed by atoms with Crippen LogP contribution in [0.15, 0.2) is 54.9 Å². The fourth-order valence-electron chi connectivity index (χ4n) is 3.45. The van der Waals surface area contributed by atoms with Crippen molar-refractivity contribution in [1.29, 1.82) is 0 Å². The Morgan fingerprint density at radius 1 is 0.862 bits per heavy atom. The van der Waals surface area contributed by atoms with Crippen LogP contribution in [0.5, 0.6) is 0 Å². The lowest BCUT2D eigenvalue weighted by Gasteiger charge is -2.21. The first-order chi connectivity index (χ1) is 13.7. The van der Waals surface area contributed by atoms with Crippen molar-refractivity contribution < 1.29 is 0 Å². The van der Waals surface area contributed by atoms with Gasteiger partial charge in [-0.3, -0.25) is 4.57 Å². The molecule has 3 heteroatoms. The molecule has 0 aliphatic carbocycles. The van der Waals surface area contributed by atoms with Gasteiger partial charge >= 0.3 is 0 Å². The number of rotatable bonds is 4. The highest BCUT2D eigenvalue weighted by Crippen LogP contribution is 2.33. The topological polar surface area (TPSA) is 17.8 Å². The Labute approximate surface area is 177 Å². The Morgan fingerprint density at radius 3 is 1.97 bits per heavy atom. The van der Waals surface area contributed by atoms with E-state index >= 15 is 0 Å². The van der Waals surface area contributed by atoms with Crippen LogP contribution in [-0.4, -0.2) is 17.6 Å². The minimum absolute atomic E-state index is 0.443. The normalized spacial score (nSPS) is 11.6. The van der Waals surface area contributed by atoms with Crippen LogP contribution in [0.3, 0.4) is 0 Å². The van der Waals surface area contributed by atoms with Gasteiger partial charge in [0.25, 0.3) is 0 Å². The largest absolute Gasteiger partial charge is 0.299 e. The first kappa shape index (κ1) is 21.1. The van der Waals surface area contributed by atoms with Gasteiger partial charge in [-0.1, -0.05) is 83.6 Å². The predicted octanol–water partition coefficient (Wildman–Crippen LogP) is 7.02. The van der Waals surface area contributed by atoms with Crippen molar-refractivity contribution in [1.82, 2.24) is 9.55 Å². The zero-order valence-corrected chi connectivity index (χ0v) is 19.7. The van der Waals surface area contributed by atoms with Crippen molar-refractivity contribution >= 4 is 8.07 Å². The van der Waals surface area contributed by atoms with E-state index in [-0.39, 0.29) is 0 Å². The molecule has 3 aromatic rings. The van der Waals surface area contributed by atoms with E-state index < -0.39 is 8.07 Å². The number of aromatic nitrogens is 2. The van der Waals surface area contributed by atoms with Gasteiger partial charge in [-0.2, -0.15) is 0 Å². The molecule has 1 aromatic heterocycles. The number of benzene rings is 2. The molecule has 0 amide bonds. The second-order valence-corrected chi connectivity index (χ2v) is 14.0. The number of hydrogen-bond acceptors (Lipinski definition) is 1. The summed E-state index contributed by atoms with van der Waals surface area (Å²) in [5.41, 5.74) is 9.60. The molecule has 2 aromatic carbocycles. The Kier molecular flexibility index (Phi) is 6.15. The average molecular weight is 401 g/mol. The molecule has 0 aliphatic rings. The maximum atomic E-state index is 4.71. The molecule has 29 heavy (non-hydrogen) atoms. The van der Waals surface area contributed by atoms with Gasteiger partial charge in [0.2, 0.25) is 0 Å². The molecule has 0 unspecified atom stereocenters. The van der Waals surface area contributed by atoms with Gasteiger partial charge < -0.3 is 0 Å². The second-order valence-electron chi connectivity index (χ2n) is 9.29. The SMILES string of the molecule is CC(C)c1cccc(C(C)C)c1-n1ccnc1-c1ccc(C#C[Si](C)(C)C)cc1. The molecule has 0 N–H and O–H groups in total. The highest BCUT2D eigenvalue weighted by molar-refractivity contribution is 6.83. The molecule has 0 saturated carbocycles. The minimum atomic E-state index is -1.37. The van der Waals surface area contributed by atoms with E-state index in [2.05, 4.69) is 112 Å². The molecule has 0 bridgehead atoms. The summed E-state index contributed by atoms with van der Waals surface area (Å²) in [7, 11) is -1.37. The van der Waals surface area contributed by atoms with Gasteiger partial charge in [-0.05, 0) is 35.1 Å².